The highest BCUT2D eigenvalue weighted by Gasteiger charge is 2.14. The van der Waals surface area contributed by atoms with Crippen molar-refractivity contribution in [1.82, 2.24) is 4.98 Å². The Bertz CT molecular complexity index is 304. The Morgan fingerprint density at radius 2 is 2.15 bits per heavy atom. The highest BCUT2D eigenvalue weighted by atomic mass is 32.1. The number of nitrogens with zero attached hydrogens (tertiary/aromatic N) is 2. The van der Waals surface area contributed by atoms with Crippen LogP contribution < -0.4 is 4.90 Å². The first-order valence-corrected chi connectivity index (χ1v) is 5.01. The normalized spacial score (nSPS) is 10.5. The first-order valence-electron chi connectivity index (χ1n) is 4.19. The minimum atomic E-state index is 0.0514. The van der Waals surface area contributed by atoms with Crippen LogP contribution in [0.25, 0.3) is 0 Å². The van der Waals surface area contributed by atoms with Gasteiger partial charge in [-0.2, -0.15) is 0 Å². The van der Waals surface area contributed by atoms with Crippen molar-refractivity contribution in [3.8, 4) is 0 Å². The molecule has 1 heterocycles. The van der Waals surface area contributed by atoms with E-state index >= 15 is 0 Å². The number of ketones is 1. The first kappa shape index (κ1) is 10.2. The summed E-state index contributed by atoms with van der Waals surface area (Å²) in [5.74, 6) is 0.223. The van der Waals surface area contributed by atoms with Crippen LogP contribution in [0, 0.1) is 5.92 Å². The second-order valence-corrected chi connectivity index (χ2v) is 4.43. The highest BCUT2D eigenvalue weighted by molar-refractivity contribution is 7.17. The minimum absolute atomic E-state index is 0.0514. The van der Waals surface area contributed by atoms with Gasteiger partial charge in [-0.15, -0.1) is 0 Å². The van der Waals surface area contributed by atoms with Gasteiger partial charge in [-0.25, -0.2) is 4.98 Å². The van der Waals surface area contributed by atoms with Gasteiger partial charge in [0.25, 0.3) is 0 Å². The molecule has 0 aliphatic rings. The summed E-state index contributed by atoms with van der Waals surface area (Å²) in [7, 11) is 3.84. The molecular formula is C9H14N2OS. The average Bonchev–Trinajstić information content (AvgIpc) is 2.50. The fraction of sp³-hybridized carbons (Fsp3) is 0.556. The summed E-state index contributed by atoms with van der Waals surface area (Å²) in [5.41, 5.74) is 0. The number of aromatic nitrogens is 1. The quantitative estimate of drug-likeness (QED) is 0.697. The summed E-state index contributed by atoms with van der Waals surface area (Å²) in [6.07, 6.45) is 1.66. The molecule has 0 unspecified atom stereocenters. The topological polar surface area (TPSA) is 33.2 Å². The zero-order chi connectivity index (χ0) is 10.0. The van der Waals surface area contributed by atoms with Gasteiger partial charge >= 0.3 is 0 Å². The fourth-order valence-electron chi connectivity index (χ4n) is 0.870. The van der Waals surface area contributed by atoms with E-state index in [-0.39, 0.29) is 11.7 Å². The Morgan fingerprint density at radius 1 is 1.54 bits per heavy atom. The van der Waals surface area contributed by atoms with Crippen LogP contribution in [0.5, 0.6) is 0 Å². The summed E-state index contributed by atoms with van der Waals surface area (Å²) in [6.45, 7) is 3.80. The average molecular weight is 198 g/mol. The summed E-state index contributed by atoms with van der Waals surface area (Å²) in [6, 6.07) is 0. The van der Waals surface area contributed by atoms with Crippen molar-refractivity contribution >= 4 is 22.3 Å². The second-order valence-electron chi connectivity index (χ2n) is 3.42. The summed E-state index contributed by atoms with van der Waals surface area (Å²) in [5, 5.41) is 0.879. The molecule has 1 aromatic heterocycles. The zero-order valence-electron chi connectivity index (χ0n) is 8.37. The molecule has 0 atom stereocenters. The monoisotopic (exact) mass is 198 g/mol. The molecule has 0 bridgehead atoms. The van der Waals surface area contributed by atoms with Gasteiger partial charge in [-0.3, -0.25) is 4.79 Å². The van der Waals surface area contributed by atoms with E-state index in [1.165, 1.54) is 11.3 Å². The molecule has 0 radical (unpaired) electrons. The predicted molar refractivity (Wildman–Crippen MR) is 55.6 cm³/mol. The molecule has 72 valence electrons. The van der Waals surface area contributed by atoms with E-state index in [1.54, 1.807) is 6.20 Å². The van der Waals surface area contributed by atoms with Gasteiger partial charge in [0, 0.05) is 20.0 Å². The van der Waals surface area contributed by atoms with Crippen molar-refractivity contribution in [3.63, 3.8) is 0 Å². The van der Waals surface area contributed by atoms with Crippen molar-refractivity contribution in [2.75, 3.05) is 19.0 Å². The highest BCUT2D eigenvalue weighted by Crippen LogP contribution is 2.22. The largest absolute Gasteiger partial charge is 0.354 e. The molecule has 0 saturated heterocycles. The molecule has 0 amide bonds. The lowest BCUT2D eigenvalue weighted by Crippen LogP contribution is -2.07. The van der Waals surface area contributed by atoms with E-state index in [9.17, 15) is 4.79 Å². The predicted octanol–water partition coefficient (Wildman–Crippen LogP) is 2.05. The van der Waals surface area contributed by atoms with E-state index in [2.05, 4.69) is 4.98 Å². The lowest BCUT2D eigenvalue weighted by Gasteiger charge is -2.05. The van der Waals surface area contributed by atoms with Crippen LogP contribution in [0.3, 0.4) is 0 Å². The Morgan fingerprint density at radius 3 is 2.54 bits per heavy atom. The molecule has 0 spiro atoms. The molecule has 0 fully saturated rings. The number of anilines is 1. The molecule has 0 aliphatic carbocycles. The summed E-state index contributed by atoms with van der Waals surface area (Å²) >= 11 is 1.44. The van der Waals surface area contributed by atoms with E-state index in [4.69, 9.17) is 0 Å². The maximum Gasteiger partial charge on any atom is 0.185 e. The van der Waals surface area contributed by atoms with Crippen molar-refractivity contribution in [1.29, 1.82) is 0 Å². The van der Waals surface area contributed by atoms with Gasteiger partial charge in [0.2, 0.25) is 0 Å². The molecule has 1 rings (SSSR count). The van der Waals surface area contributed by atoms with Crippen molar-refractivity contribution < 1.29 is 4.79 Å². The van der Waals surface area contributed by atoms with Gasteiger partial charge in [-0.05, 0) is 0 Å². The number of thiazole rings is 1. The van der Waals surface area contributed by atoms with Gasteiger partial charge in [-0.1, -0.05) is 25.2 Å². The zero-order valence-corrected chi connectivity index (χ0v) is 9.18. The molecule has 13 heavy (non-hydrogen) atoms. The van der Waals surface area contributed by atoms with Crippen LogP contribution in [0.1, 0.15) is 23.5 Å². The van der Waals surface area contributed by atoms with Gasteiger partial charge in [0.15, 0.2) is 10.9 Å². The fourth-order valence-corrected chi connectivity index (χ4v) is 1.80. The minimum Gasteiger partial charge on any atom is -0.354 e. The molecule has 3 nitrogen and oxygen atoms in total. The lowest BCUT2D eigenvalue weighted by atomic mass is 10.1. The lowest BCUT2D eigenvalue weighted by molar-refractivity contribution is 0.0943. The van der Waals surface area contributed by atoms with Crippen LogP contribution in [0.15, 0.2) is 6.20 Å². The molecule has 0 N–H and O–H groups in total. The van der Waals surface area contributed by atoms with Crippen LogP contribution in [-0.4, -0.2) is 24.9 Å². The number of hydrogen-bond donors (Lipinski definition) is 0. The third-order valence-corrected chi connectivity index (χ3v) is 2.82. The van der Waals surface area contributed by atoms with Gasteiger partial charge in [0.1, 0.15) is 0 Å². The van der Waals surface area contributed by atoms with Crippen molar-refractivity contribution in [3.05, 3.63) is 11.1 Å². The number of carbonyl (C=O) groups excluding carboxylic acids is 1. The van der Waals surface area contributed by atoms with E-state index < -0.39 is 0 Å². The second kappa shape index (κ2) is 3.87. The Hall–Kier alpha value is -0.900. The van der Waals surface area contributed by atoms with Crippen molar-refractivity contribution in [2.24, 2.45) is 5.92 Å². The summed E-state index contributed by atoms with van der Waals surface area (Å²) < 4.78 is 0. The van der Waals surface area contributed by atoms with E-state index in [0.717, 1.165) is 10.0 Å². The standard InChI is InChI=1S/C9H14N2OS/c1-6(2)8(12)7-5-10-9(13-7)11(3)4/h5-6H,1-4H3. The number of rotatable bonds is 3. The van der Waals surface area contributed by atoms with E-state index in [0.29, 0.717) is 0 Å². The molecule has 0 aliphatic heterocycles. The van der Waals surface area contributed by atoms with Crippen LogP contribution >= 0.6 is 11.3 Å². The number of Topliss-reactive ketones (excluding diaryl/α,β-unsaturated/α-hetero) is 1. The molecule has 0 aromatic carbocycles. The Kier molecular flexibility index (Phi) is 3.03. The Labute approximate surface area is 82.4 Å². The molecule has 1 aromatic rings. The Balaban J connectivity index is 2.86. The molecule has 0 saturated carbocycles. The van der Waals surface area contributed by atoms with Gasteiger partial charge in [0.05, 0.1) is 11.1 Å². The maximum atomic E-state index is 11.5. The SMILES string of the molecule is CC(C)C(=O)c1cnc(N(C)C)s1. The molecular weight excluding hydrogens is 184 g/mol. The first-order chi connectivity index (χ1) is 6.02. The molecule has 4 heteroatoms. The maximum absolute atomic E-state index is 11.5. The summed E-state index contributed by atoms with van der Waals surface area (Å²) in [4.78, 5) is 18.3. The van der Waals surface area contributed by atoms with Crippen LogP contribution in [-0.2, 0) is 0 Å². The van der Waals surface area contributed by atoms with Crippen LogP contribution in [0.4, 0.5) is 5.13 Å². The van der Waals surface area contributed by atoms with Crippen molar-refractivity contribution in [2.45, 2.75) is 13.8 Å². The van der Waals surface area contributed by atoms with Crippen LogP contribution in [0.2, 0.25) is 0 Å². The van der Waals surface area contributed by atoms with E-state index in [1.807, 2.05) is 32.8 Å². The third-order valence-electron chi connectivity index (χ3n) is 1.64. The smallest absolute Gasteiger partial charge is 0.185 e. The number of carbonyl (C=O) groups is 1. The van der Waals surface area contributed by atoms with Gasteiger partial charge < -0.3 is 4.90 Å². The number of hydrogen-bond acceptors (Lipinski definition) is 4. The third kappa shape index (κ3) is 2.28.